The van der Waals surface area contributed by atoms with Crippen molar-refractivity contribution >= 4 is 20.9 Å². The molecule has 7 nitrogen and oxygen atoms in total. The Labute approximate surface area is 223 Å². The van der Waals surface area contributed by atoms with Crippen molar-refractivity contribution in [2.24, 2.45) is 5.92 Å². The van der Waals surface area contributed by atoms with Crippen molar-refractivity contribution in [3.8, 4) is 22.6 Å². The van der Waals surface area contributed by atoms with Gasteiger partial charge in [0.1, 0.15) is 11.5 Å². The zero-order valence-corrected chi connectivity index (χ0v) is 22.1. The van der Waals surface area contributed by atoms with Crippen molar-refractivity contribution in [1.29, 1.82) is 0 Å². The van der Waals surface area contributed by atoms with Crippen LogP contribution in [0.1, 0.15) is 17.5 Å². The second-order valence-electron chi connectivity index (χ2n) is 9.84. The van der Waals surface area contributed by atoms with E-state index in [1.54, 1.807) is 24.4 Å². The van der Waals surface area contributed by atoms with E-state index in [0.29, 0.717) is 36.1 Å². The van der Waals surface area contributed by atoms with Gasteiger partial charge in [-0.05, 0) is 54.3 Å². The molecule has 0 saturated carbocycles. The van der Waals surface area contributed by atoms with Crippen LogP contribution in [0.15, 0.2) is 77.8 Å². The van der Waals surface area contributed by atoms with E-state index in [-0.39, 0.29) is 24.6 Å². The average molecular weight is 531 g/mol. The fraction of sp³-hybridized carbons (Fsp3) is 0.300. The van der Waals surface area contributed by atoms with Crippen LogP contribution in [0.2, 0.25) is 0 Å². The van der Waals surface area contributed by atoms with E-state index in [0.717, 1.165) is 40.7 Å². The van der Waals surface area contributed by atoms with Crippen LogP contribution in [-0.2, 0) is 21.3 Å². The number of sulfonamides is 1. The quantitative estimate of drug-likeness (QED) is 0.341. The lowest BCUT2D eigenvalue weighted by Crippen LogP contribution is -2.32. The summed E-state index contributed by atoms with van der Waals surface area (Å²) in [5.41, 5.74) is 4.41. The lowest BCUT2D eigenvalue weighted by molar-refractivity contribution is 0.165. The van der Waals surface area contributed by atoms with Crippen molar-refractivity contribution in [2.75, 3.05) is 33.0 Å². The number of rotatable bonds is 6. The smallest absolute Gasteiger partial charge is 0.245 e. The van der Waals surface area contributed by atoms with Gasteiger partial charge >= 0.3 is 0 Å². The van der Waals surface area contributed by atoms with Crippen LogP contribution in [-0.4, -0.2) is 50.7 Å². The molecule has 2 aliphatic heterocycles. The summed E-state index contributed by atoms with van der Waals surface area (Å²) in [6.07, 6.45) is 2.58. The van der Waals surface area contributed by atoms with E-state index in [4.69, 9.17) is 14.2 Å². The van der Waals surface area contributed by atoms with Crippen LogP contribution in [0.5, 0.6) is 11.5 Å². The van der Waals surface area contributed by atoms with Crippen molar-refractivity contribution < 1.29 is 22.6 Å². The Hall–Kier alpha value is -3.46. The molecular formula is C30H30N2O5S. The first-order valence-electron chi connectivity index (χ1n) is 12.9. The molecule has 196 valence electrons. The van der Waals surface area contributed by atoms with Gasteiger partial charge in [-0.3, -0.25) is 4.98 Å². The van der Waals surface area contributed by atoms with Crippen molar-refractivity contribution in [2.45, 2.75) is 24.8 Å². The van der Waals surface area contributed by atoms with Gasteiger partial charge in [0.05, 0.1) is 18.7 Å². The molecule has 1 fully saturated rings. The number of hydrogen-bond acceptors (Lipinski definition) is 6. The van der Waals surface area contributed by atoms with E-state index in [1.165, 1.54) is 4.31 Å². The molecule has 0 N–H and O–H groups in total. The van der Waals surface area contributed by atoms with E-state index in [2.05, 4.69) is 24.0 Å². The van der Waals surface area contributed by atoms with E-state index in [9.17, 15) is 8.42 Å². The molecule has 0 radical (unpaired) electrons. The fourth-order valence-corrected chi connectivity index (χ4v) is 6.74. The van der Waals surface area contributed by atoms with Gasteiger partial charge in [0.25, 0.3) is 0 Å². The molecule has 1 saturated heterocycles. The molecule has 2 aliphatic rings. The average Bonchev–Trinajstić information content (AvgIpc) is 3.36. The molecule has 0 aliphatic carbocycles. The van der Waals surface area contributed by atoms with Crippen LogP contribution >= 0.6 is 0 Å². The Bertz CT molecular complexity index is 1580. The molecule has 0 spiro atoms. The molecule has 6 rings (SSSR count). The maximum atomic E-state index is 13.9. The standard InChI is InChI=1S/C30H30N2O5S/c1-21-6-2-3-9-26(21)24-16-25-18-32(38(33,34)28-10-4-7-23-8-5-12-31-29(23)28)13-15-36-30(25)27(17-24)37-20-22-11-14-35-19-22/h2-10,12,16-17,22H,11,13-15,18-20H2,1H3. The molecule has 1 atom stereocenters. The number of pyridine rings is 1. The number of aromatic nitrogens is 1. The number of ether oxygens (including phenoxy) is 3. The predicted molar refractivity (Wildman–Crippen MR) is 146 cm³/mol. The summed E-state index contributed by atoms with van der Waals surface area (Å²) >= 11 is 0. The highest BCUT2D eigenvalue weighted by Gasteiger charge is 2.31. The highest BCUT2D eigenvalue weighted by molar-refractivity contribution is 7.89. The number of nitrogens with zero attached hydrogens (tertiary/aromatic N) is 2. The van der Waals surface area contributed by atoms with Crippen LogP contribution in [0.4, 0.5) is 0 Å². The van der Waals surface area contributed by atoms with Crippen molar-refractivity contribution in [3.63, 3.8) is 0 Å². The number of fused-ring (bicyclic) bond motifs is 2. The largest absolute Gasteiger partial charge is 0.489 e. The maximum Gasteiger partial charge on any atom is 0.245 e. The van der Waals surface area contributed by atoms with E-state index in [1.807, 2.05) is 36.4 Å². The van der Waals surface area contributed by atoms with Gasteiger partial charge in [-0.1, -0.05) is 42.5 Å². The molecule has 3 heterocycles. The number of hydrogen-bond donors (Lipinski definition) is 0. The van der Waals surface area contributed by atoms with Gasteiger partial charge in [-0.2, -0.15) is 4.31 Å². The minimum Gasteiger partial charge on any atom is -0.489 e. The molecular weight excluding hydrogens is 500 g/mol. The first-order chi connectivity index (χ1) is 18.5. The van der Waals surface area contributed by atoms with E-state index >= 15 is 0 Å². The summed E-state index contributed by atoms with van der Waals surface area (Å²) in [5, 5.41) is 0.786. The van der Waals surface area contributed by atoms with Gasteiger partial charge in [0.15, 0.2) is 11.5 Å². The third kappa shape index (κ3) is 4.75. The van der Waals surface area contributed by atoms with Crippen LogP contribution < -0.4 is 9.47 Å². The summed E-state index contributed by atoms with van der Waals surface area (Å²) in [6.45, 7) is 4.64. The molecule has 0 bridgehead atoms. The summed E-state index contributed by atoms with van der Waals surface area (Å²) < 4.78 is 47.4. The minimum absolute atomic E-state index is 0.170. The summed E-state index contributed by atoms with van der Waals surface area (Å²) in [7, 11) is -3.85. The van der Waals surface area contributed by atoms with Crippen molar-refractivity contribution in [1.82, 2.24) is 9.29 Å². The molecule has 38 heavy (non-hydrogen) atoms. The summed E-state index contributed by atoms with van der Waals surface area (Å²) in [6, 6.07) is 21.1. The number of para-hydroxylation sites is 1. The third-order valence-corrected chi connectivity index (χ3v) is 9.11. The Morgan fingerprint density at radius 3 is 2.76 bits per heavy atom. The monoisotopic (exact) mass is 530 g/mol. The van der Waals surface area contributed by atoms with Gasteiger partial charge < -0.3 is 14.2 Å². The topological polar surface area (TPSA) is 78.0 Å². The zero-order valence-electron chi connectivity index (χ0n) is 21.3. The van der Waals surface area contributed by atoms with Gasteiger partial charge in [0, 0.05) is 42.8 Å². The van der Waals surface area contributed by atoms with Crippen molar-refractivity contribution in [3.05, 3.63) is 84.1 Å². The molecule has 4 aromatic rings. The molecule has 1 aromatic heterocycles. The number of aryl methyl sites for hydroxylation is 1. The molecule has 3 aromatic carbocycles. The first-order valence-corrected chi connectivity index (χ1v) is 14.3. The Kier molecular flexibility index (Phi) is 6.78. The second kappa shape index (κ2) is 10.4. The Morgan fingerprint density at radius 2 is 1.92 bits per heavy atom. The highest BCUT2D eigenvalue weighted by Crippen LogP contribution is 2.40. The minimum atomic E-state index is -3.85. The maximum absolute atomic E-state index is 13.9. The summed E-state index contributed by atoms with van der Waals surface area (Å²) in [5.74, 6) is 1.57. The summed E-state index contributed by atoms with van der Waals surface area (Å²) in [4.78, 5) is 4.58. The van der Waals surface area contributed by atoms with Gasteiger partial charge in [-0.15, -0.1) is 0 Å². The lowest BCUT2D eigenvalue weighted by Gasteiger charge is -2.21. The van der Waals surface area contributed by atoms with Gasteiger partial charge in [-0.25, -0.2) is 8.42 Å². The lowest BCUT2D eigenvalue weighted by atomic mass is 9.98. The fourth-order valence-electron chi connectivity index (χ4n) is 5.17. The number of benzene rings is 3. The molecule has 0 amide bonds. The van der Waals surface area contributed by atoms with Crippen LogP contribution in [0, 0.1) is 12.8 Å². The van der Waals surface area contributed by atoms with Crippen LogP contribution in [0.3, 0.4) is 0 Å². The predicted octanol–water partition coefficient (Wildman–Crippen LogP) is 5.21. The Morgan fingerprint density at radius 1 is 1.05 bits per heavy atom. The molecule has 8 heteroatoms. The van der Waals surface area contributed by atoms with E-state index < -0.39 is 10.0 Å². The van der Waals surface area contributed by atoms with Crippen LogP contribution in [0.25, 0.3) is 22.0 Å². The molecule has 1 unspecified atom stereocenters. The highest BCUT2D eigenvalue weighted by atomic mass is 32.2. The third-order valence-electron chi connectivity index (χ3n) is 7.23. The SMILES string of the molecule is Cc1ccccc1-c1cc2c(c(OCC3CCOC3)c1)OCCN(S(=O)(=O)c1cccc3cccnc13)C2. The first kappa shape index (κ1) is 24.9. The normalized spacial score (nSPS) is 18.1. The Balaban J connectivity index is 1.41. The van der Waals surface area contributed by atoms with Gasteiger partial charge in [0.2, 0.25) is 10.0 Å². The zero-order chi connectivity index (χ0) is 26.1. The second-order valence-corrected chi connectivity index (χ2v) is 11.7.